The van der Waals surface area contributed by atoms with Gasteiger partial charge < -0.3 is 5.32 Å². The highest BCUT2D eigenvalue weighted by Crippen LogP contribution is 2.18. The third-order valence-electron chi connectivity index (χ3n) is 3.36. The first kappa shape index (κ1) is 14.0. The van der Waals surface area contributed by atoms with Crippen molar-refractivity contribution >= 4 is 11.3 Å². The monoisotopic (exact) mass is 298 g/mol. The first-order chi connectivity index (χ1) is 10.3. The summed E-state index contributed by atoms with van der Waals surface area (Å²) in [5, 5.41) is 7.83. The molecule has 0 unspecified atom stereocenters. The lowest BCUT2D eigenvalue weighted by molar-refractivity contribution is 0.438. The molecule has 3 aromatic rings. The van der Waals surface area contributed by atoms with Crippen molar-refractivity contribution < 1.29 is 0 Å². The van der Waals surface area contributed by atoms with Crippen molar-refractivity contribution in [2.24, 2.45) is 0 Å². The van der Waals surface area contributed by atoms with E-state index in [9.17, 15) is 0 Å². The second kappa shape index (κ2) is 6.65. The van der Waals surface area contributed by atoms with E-state index in [-0.39, 0.29) is 6.04 Å². The molecule has 0 saturated carbocycles. The predicted octanol–water partition coefficient (Wildman–Crippen LogP) is 3.18. The van der Waals surface area contributed by atoms with Gasteiger partial charge in [-0.2, -0.15) is 5.10 Å². The van der Waals surface area contributed by atoms with E-state index in [2.05, 4.69) is 58.7 Å². The van der Waals surface area contributed by atoms with Crippen LogP contribution >= 0.6 is 11.3 Å². The molecule has 2 aromatic heterocycles. The summed E-state index contributed by atoms with van der Waals surface area (Å²) in [5.74, 6) is 0. The molecule has 0 bridgehead atoms. The number of hydrogen-bond acceptors (Lipinski definition) is 4. The summed E-state index contributed by atoms with van der Waals surface area (Å²) in [4.78, 5) is 6.72. The second-order valence-electron chi connectivity index (χ2n) is 4.97. The zero-order valence-corrected chi connectivity index (χ0v) is 12.8. The molecule has 21 heavy (non-hydrogen) atoms. The Labute approximate surface area is 128 Å². The van der Waals surface area contributed by atoms with Crippen LogP contribution in [0.5, 0.6) is 0 Å². The van der Waals surface area contributed by atoms with Crippen molar-refractivity contribution in [2.75, 3.05) is 0 Å². The van der Waals surface area contributed by atoms with Gasteiger partial charge in [-0.3, -0.25) is 4.68 Å². The molecule has 1 atom stereocenters. The van der Waals surface area contributed by atoms with Crippen LogP contribution in [0.3, 0.4) is 0 Å². The van der Waals surface area contributed by atoms with Crippen molar-refractivity contribution in [1.29, 1.82) is 0 Å². The van der Waals surface area contributed by atoms with Gasteiger partial charge in [0.1, 0.15) is 12.7 Å². The Kier molecular flexibility index (Phi) is 4.43. The molecular formula is C16H18N4S. The third-order valence-corrected chi connectivity index (χ3v) is 4.36. The van der Waals surface area contributed by atoms with Gasteiger partial charge >= 0.3 is 0 Å². The minimum atomic E-state index is 0.218. The average Bonchev–Trinajstić information content (AvgIpc) is 3.16. The van der Waals surface area contributed by atoms with Gasteiger partial charge in [-0.05, 0) is 24.6 Å². The lowest BCUT2D eigenvalue weighted by atomic mass is 10.1. The van der Waals surface area contributed by atoms with E-state index in [0.717, 1.165) is 13.1 Å². The third kappa shape index (κ3) is 3.77. The number of thiophene rings is 1. The molecular weight excluding hydrogens is 280 g/mol. The van der Waals surface area contributed by atoms with Crippen LogP contribution in [0.15, 0.2) is 55.1 Å². The molecule has 0 radical (unpaired) electrons. The normalized spacial score (nSPS) is 12.4. The Morgan fingerprint density at radius 2 is 2.05 bits per heavy atom. The highest BCUT2D eigenvalue weighted by Gasteiger charge is 2.12. The van der Waals surface area contributed by atoms with Gasteiger partial charge in [0.05, 0.1) is 12.6 Å². The van der Waals surface area contributed by atoms with Crippen molar-refractivity contribution in [3.8, 4) is 0 Å². The average molecular weight is 298 g/mol. The topological polar surface area (TPSA) is 42.7 Å². The Bertz CT molecular complexity index is 661. The molecule has 0 spiro atoms. The minimum Gasteiger partial charge on any atom is -0.303 e. The molecule has 0 aliphatic rings. The van der Waals surface area contributed by atoms with Crippen molar-refractivity contribution in [1.82, 2.24) is 20.1 Å². The van der Waals surface area contributed by atoms with Gasteiger partial charge in [0, 0.05) is 16.3 Å². The van der Waals surface area contributed by atoms with E-state index in [1.165, 1.54) is 15.3 Å². The van der Waals surface area contributed by atoms with Gasteiger partial charge in [-0.15, -0.1) is 11.3 Å². The van der Waals surface area contributed by atoms with E-state index in [1.54, 1.807) is 12.7 Å². The van der Waals surface area contributed by atoms with Crippen LogP contribution in [-0.4, -0.2) is 14.8 Å². The molecule has 0 aliphatic heterocycles. The van der Waals surface area contributed by atoms with E-state index < -0.39 is 0 Å². The maximum Gasteiger partial charge on any atom is 0.137 e. The summed E-state index contributed by atoms with van der Waals surface area (Å²) in [7, 11) is 0. The number of nitrogens with zero attached hydrogens (tertiary/aromatic N) is 3. The largest absolute Gasteiger partial charge is 0.303 e. The SMILES string of the molecule is Cc1ccc(CN[C@@H](Cn2cncn2)c2ccccc2)s1. The number of rotatable bonds is 6. The van der Waals surface area contributed by atoms with Gasteiger partial charge in [0.15, 0.2) is 0 Å². The van der Waals surface area contributed by atoms with E-state index in [0.29, 0.717) is 0 Å². The standard InChI is InChI=1S/C16H18N4S/c1-13-7-8-15(21-13)9-18-16(10-20-12-17-11-19-20)14-5-3-2-4-6-14/h2-8,11-12,16,18H,9-10H2,1H3/t16-/m0/s1. The van der Waals surface area contributed by atoms with Crippen LogP contribution in [0.4, 0.5) is 0 Å². The summed E-state index contributed by atoms with van der Waals surface area (Å²) in [6.07, 6.45) is 3.33. The van der Waals surface area contributed by atoms with Gasteiger partial charge in [0.2, 0.25) is 0 Å². The maximum absolute atomic E-state index is 4.21. The van der Waals surface area contributed by atoms with Crippen LogP contribution in [0.25, 0.3) is 0 Å². The molecule has 2 heterocycles. The van der Waals surface area contributed by atoms with E-state index in [4.69, 9.17) is 0 Å². The molecule has 0 saturated heterocycles. The molecule has 0 aliphatic carbocycles. The Balaban J connectivity index is 1.72. The number of aryl methyl sites for hydroxylation is 1. The maximum atomic E-state index is 4.21. The molecule has 0 amide bonds. The number of aromatic nitrogens is 3. The zero-order chi connectivity index (χ0) is 14.5. The lowest BCUT2D eigenvalue weighted by Gasteiger charge is -2.18. The number of nitrogens with one attached hydrogen (secondary N) is 1. The van der Waals surface area contributed by atoms with Crippen molar-refractivity contribution in [3.05, 3.63) is 70.4 Å². The quantitative estimate of drug-likeness (QED) is 0.760. The summed E-state index contributed by atoms with van der Waals surface area (Å²) < 4.78 is 1.87. The highest BCUT2D eigenvalue weighted by atomic mass is 32.1. The molecule has 4 nitrogen and oxygen atoms in total. The van der Waals surface area contributed by atoms with Crippen LogP contribution < -0.4 is 5.32 Å². The van der Waals surface area contributed by atoms with Crippen molar-refractivity contribution in [3.63, 3.8) is 0 Å². The first-order valence-corrected chi connectivity index (χ1v) is 7.79. The molecule has 3 rings (SSSR count). The highest BCUT2D eigenvalue weighted by molar-refractivity contribution is 7.11. The van der Waals surface area contributed by atoms with E-state index >= 15 is 0 Å². The summed E-state index contributed by atoms with van der Waals surface area (Å²) in [6, 6.07) is 15.0. The summed E-state index contributed by atoms with van der Waals surface area (Å²) >= 11 is 1.84. The molecule has 1 N–H and O–H groups in total. The fraction of sp³-hybridized carbons (Fsp3) is 0.250. The van der Waals surface area contributed by atoms with Gasteiger partial charge in [0.25, 0.3) is 0 Å². The number of benzene rings is 1. The van der Waals surface area contributed by atoms with Crippen LogP contribution in [0.2, 0.25) is 0 Å². The van der Waals surface area contributed by atoms with Crippen LogP contribution in [0.1, 0.15) is 21.4 Å². The Hall–Kier alpha value is -1.98. The summed E-state index contributed by atoms with van der Waals surface area (Å²) in [6.45, 7) is 3.78. The van der Waals surface area contributed by atoms with Crippen LogP contribution in [0, 0.1) is 6.92 Å². The van der Waals surface area contributed by atoms with Crippen molar-refractivity contribution in [2.45, 2.75) is 26.1 Å². The lowest BCUT2D eigenvalue weighted by Crippen LogP contribution is -2.25. The first-order valence-electron chi connectivity index (χ1n) is 6.97. The van der Waals surface area contributed by atoms with Gasteiger partial charge in [-0.25, -0.2) is 4.98 Å². The Morgan fingerprint density at radius 1 is 1.19 bits per heavy atom. The molecule has 5 heteroatoms. The van der Waals surface area contributed by atoms with E-state index in [1.807, 2.05) is 22.1 Å². The Morgan fingerprint density at radius 3 is 2.71 bits per heavy atom. The molecule has 1 aromatic carbocycles. The fourth-order valence-corrected chi connectivity index (χ4v) is 3.13. The van der Waals surface area contributed by atoms with Crippen LogP contribution in [-0.2, 0) is 13.1 Å². The predicted molar refractivity (Wildman–Crippen MR) is 85.1 cm³/mol. The number of hydrogen-bond donors (Lipinski definition) is 1. The zero-order valence-electron chi connectivity index (χ0n) is 11.9. The minimum absolute atomic E-state index is 0.218. The fourth-order valence-electron chi connectivity index (χ4n) is 2.29. The molecule has 108 valence electrons. The van der Waals surface area contributed by atoms with Gasteiger partial charge in [-0.1, -0.05) is 30.3 Å². The second-order valence-corrected chi connectivity index (χ2v) is 6.35. The summed E-state index contributed by atoms with van der Waals surface area (Å²) in [5.41, 5.74) is 1.27. The molecule has 0 fully saturated rings. The smallest absolute Gasteiger partial charge is 0.137 e.